The van der Waals surface area contributed by atoms with Crippen molar-refractivity contribution >= 4 is 55.0 Å². The summed E-state index contributed by atoms with van der Waals surface area (Å²) in [6, 6.07) is 8.56. The van der Waals surface area contributed by atoms with Crippen LogP contribution in [0.3, 0.4) is 0 Å². The highest BCUT2D eigenvalue weighted by molar-refractivity contribution is 14.1. The zero-order valence-corrected chi connectivity index (χ0v) is 9.93. The van der Waals surface area contributed by atoms with Gasteiger partial charge in [0.2, 0.25) is 0 Å². The maximum atomic E-state index is 3.39. The Bertz CT molecular complexity index is 185. The van der Waals surface area contributed by atoms with E-state index in [1.807, 2.05) is 0 Å². The van der Waals surface area contributed by atoms with Crippen LogP contribution in [0.2, 0.25) is 0 Å². The Morgan fingerprint density at radius 3 is 2.22 bits per heavy atom. The van der Waals surface area contributed by atoms with Gasteiger partial charge in [0.1, 0.15) is 0 Å². The zero-order valence-electron chi connectivity index (χ0n) is 4.77. The molecular weight excluding hydrogens is 303 g/mol. The van der Waals surface area contributed by atoms with Gasteiger partial charge in [-0.2, -0.15) is 3.69 Å². The average molecular weight is 307 g/mol. The number of halogens is 2. The topological polar surface area (TPSA) is 0 Å². The molecule has 0 heterocycles. The van der Waals surface area contributed by atoms with Crippen LogP contribution in [-0.4, -0.2) is 16.5 Å². The fourth-order valence-electron chi connectivity index (χ4n) is 0.573. The average Bonchev–Trinajstić information content (AvgIpc) is 1.90. The van der Waals surface area contributed by atoms with Crippen LogP contribution in [0.4, 0.5) is 0 Å². The van der Waals surface area contributed by atoms with Crippen molar-refractivity contribution in [3.63, 3.8) is 0 Å². The monoisotopic (exact) mass is 306 g/mol. The molecule has 0 radical (unpaired) electrons. The maximum Gasteiger partial charge on any atom is 0.502 e. The first-order valence-electron chi connectivity index (χ1n) is 2.63. The van der Waals surface area contributed by atoms with Gasteiger partial charge in [-0.15, -0.1) is 0 Å². The van der Waals surface area contributed by atoms with Crippen LogP contribution in [0.25, 0.3) is 0 Å². The van der Waals surface area contributed by atoms with Crippen LogP contribution in [0.15, 0.2) is 28.7 Å². The van der Waals surface area contributed by atoms with Crippen LogP contribution >= 0.6 is 34.8 Å². The molecule has 0 amide bonds. The molecule has 0 aliphatic rings. The first-order chi connectivity index (χ1) is 4.33. The van der Waals surface area contributed by atoms with Gasteiger partial charge in [0.25, 0.3) is 0 Å². The molecule has 0 N–H and O–H groups in total. The lowest BCUT2D eigenvalue weighted by molar-refractivity contribution is 1.70. The quantitative estimate of drug-likeness (QED) is 0.551. The van der Waals surface area contributed by atoms with E-state index < -0.39 is 0 Å². The van der Waals surface area contributed by atoms with E-state index in [-0.39, 0.29) is 16.5 Å². The van der Waals surface area contributed by atoms with Gasteiger partial charge < -0.3 is 0 Å². The maximum absolute atomic E-state index is 3.39. The van der Waals surface area contributed by atoms with E-state index in [1.54, 1.807) is 0 Å². The van der Waals surface area contributed by atoms with Gasteiger partial charge in [-0.25, -0.2) is 0 Å². The van der Waals surface area contributed by atoms with Crippen molar-refractivity contribution in [2.24, 2.45) is 0 Å². The zero-order chi connectivity index (χ0) is 6.69. The molecule has 0 aromatic heterocycles. The Hall–Kier alpha value is 1.20. The third-order valence-electron chi connectivity index (χ3n) is 1.07. The Balaban J connectivity index is 2.88. The standard InChI is InChI=1S/C6H4Br.HI.Mg/c7-6-4-2-1-3-5-6;;/h2-5H;1H;/q;;+1/p-1. The second kappa shape index (κ2) is 4.15. The molecule has 0 fully saturated rings. The lowest BCUT2D eigenvalue weighted by Gasteiger charge is -1.92. The molecule has 1 aromatic rings. The summed E-state index contributed by atoms with van der Waals surface area (Å²) in [7, 11) is 0. The molecule has 0 atom stereocenters. The first-order valence-corrected chi connectivity index (χ1v) is 9.24. The predicted molar refractivity (Wildman–Crippen MR) is 53.6 cm³/mol. The molecule has 0 aliphatic heterocycles. The van der Waals surface area contributed by atoms with Crippen molar-refractivity contribution in [1.29, 1.82) is 0 Å². The van der Waals surface area contributed by atoms with E-state index in [9.17, 15) is 0 Å². The molecular formula is C6H4BrIMg. The van der Waals surface area contributed by atoms with Crippen molar-refractivity contribution in [1.82, 2.24) is 0 Å². The van der Waals surface area contributed by atoms with Crippen LogP contribution in [0.5, 0.6) is 0 Å². The fourth-order valence-corrected chi connectivity index (χ4v) is 2.78. The van der Waals surface area contributed by atoms with Gasteiger partial charge in [-0.1, -0.05) is 40.2 Å². The van der Waals surface area contributed by atoms with Gasteiger partial charge in [0.05, 0.1) is 0 Å². The van der Waals surface area contributed by atoms with Crippen molar-refractivity contribution in [2.75, 3.05) is 0 Å². The Labute approximate surface area is 82.6 Å². The second-order valence-electron chi connectivity index (χ2n) is 1.76. The van der Waals surface area contributed by atoms with E-state index >= 15 is 0 Å². The van der Waals surface area contributed by atoms with Gasteiger partial charge in [-0.05, 0) is 0 Å². The largest absolute Gasteiger partial charge is 0.502 e. The van der Waals surface area contributed by atoms with E-state index in [2.05, 4.69) is 59.0 Å². The summed E-state index contributed by atoms with van der Waals surface area (Å²) in [5.74, 6) is 0. The fraction of sp³-hybridized carbons (Fsp3) is 0. The van der Waals surface area contributed by atoms with Gasteiger partial charge in [0.15, 0.2) is 0 Å². The predicted octanol–water partition coefficient (Wildman–Crippen LogP) is 2.13. The van der Waals surface area contributed by atoms with E-state index in [0.717, 1.165) is 0 Å². The van der Waals surface area contributed by atoms with Gasteiger partial charge in [-0.3, -0.25) is 18.9 Å². The molecule has 0 bridgehead atoms. The lowest BCUT2D eigenvalue weighted by atomic mass is 10.4. The molecule has 3 heteroatoms. The Morgan fingerprint density at radius 2 is 1.78 bits per heavy atom. The molecule has 0 aliphatic carbocycles. The van der Waals surface area contributed by atoms with Crippen LogP contribution in [0, 0.1) is 0 Å². The molecule has 44 valence electrons. The van der Waals surface area contributed by atoms with Crippen molar-refractivity contribution in [3.05, 3.63) is 28.7 Å². The Kier molecular flexibility index (Phi) is 3.83. The van der Waals surface area contributed by atoms with E-state index in [4.69, 9.17) is 0 Å². The molecule has 1 aromatic carbocycles. The van der Waals surface area contributed by atoms with Crippen molar-refractivity contribution in [3.8, 4) is 0 Å². The number of rotatable bonds is 1. The number of hydrogen-bond acceptors (Lipinski definition) is 0. The van der Waals surface area contributed by atoms with Crippen molar-refractivity contribution < 1.29 is 0 Å². The van der Waals surface area contributed by atoms with Gasteiger partial charge >= 0.3 is 16.5 Å². The summed E-state index contributed by atoms with van der Waals surface area (Å²) in [6.07, 6.45) is 0. The third-order valence-corrected chi connectivity index (χ3v) is 5.02. The summed E-state index contributed by atoms with van der Waals surface area (Å²) in [4.78, 5) is 0. The molecule has 0 spiro atoms. The van der Waals surface area contributed by atoms with Gasteiger partial charge in [0, 0.05) is 4.47 Å². The third kappa shape index (κ3) is 2.73. The number of benzene rings is 1. The normalized spacial score (nSPS) is 8.67. The summed E-state index contributed by atoms with van der Waals surface area (Å²) >= 11 is 5.90. The smallest absolute Gasteiger partial charge is 0.291 e. The summed E-state index contributed by atoms with van der Waals surface area (Å²) < 4.78 is 2.68. The second-order valence-corrected chi connectivity index (χ2v) is 6.05. The highest BCUT2D eigenvalue weighted by Crippen LogP contribution is 2.05. The minimum atomic E-state index is 0.0244. The first kappa shape index (κ1) is 8.29. The highest BCUT2D eigenvalue weighted by Gasteiger charge is 1.91. The summed E-state index contributed by atoms with van der Waals surface area (Å²) in [5, 5.41) is 0. The minimum absolute atomic E-state index is 0.0244. The lowest BCUT2D eigenvalue weighted by Crippen LogP contribution is -2.05. The Morgan fingerprint density at radius 1 is 1.22 bits per heavy atom. The number of hydrogen-bond donors (Lipinski definition) is 0. The van der Waals surface area contributed by atoms with E-state index in [0.29, 0.717) is 0 Å². The molecule has 0 unspecified atom stereocenters. The van der Waals surface area contributed by atoms with Crippen molar-refractivity contribution in [2.45, 2.75) is 0 Å². The molecule has 0 saturated heterocycles. The molecule has 9 heavy (non-hydrogen) atoms. The van der Waals surface area contributed by atoms with Crippen LogP contribution in [-0.2, 0) is 0 Å². The van der Waals surface area contributed by atoms with Crippen LogP contribution < -0.4 is 3.69 Å². The SMILES string of the molecule is Brc1cc[c]([Mg][I])cc1. The highest BCUT2D eigenvalue weighted by atomic mass is 127. The van der Waals surface area contributed by atoms with E-state index in [1.165, 1.54) is 8.17 Å². The molecule has 0 nitrogen and oxygen atoms in total. The molecule has 0 saturated carbocycles. The summed E-state index contributed by atoms with van der Waals surface area (Å²) in [6.45, 7) is 0. The summed E-state index contributed by atoms with van der Waals surface area (Å²) in [5.41, 5.74) is 0. The van der Waals surface area contributed by atoms with Crippen LogP contribution in [0.1, 0.15) is 0 Å². The molecule has 1 rings (SSSR count). The minimum Gasteiger partial charge on any atom is -0.291 e.